The van der Waals surface area contributed by atoms with E-state index in [0.717, 1.165) is 36.0 Å². The largest absolute Gasteiger partial charge is 0.462 e. The molecule has 1 aromatic carbocycles. The van der Waals surface area contributed by atoms with Gasteiger partial charge in [-0.1, -0.05) is 6.07 Å². The minimum absolute atomic E-state index is 0.241. The molecule has 1 aliphatic heterocycles. The number of anilines is 1. The van der Waals surface area contributed by atoms with E-state index in [1.807, 2.05) is 19.9 Å². The van der Waals surface area contributed by atoms with Crippen molar-refractivity contribution in [2.24, 2.45) is 5.41 Å². The molecule has 2 fully saturated rings. The van der Waals surface area contributed by atoms with E-state index in [4.69, 9.17) is 4.74 Å². The van der Waals surface area contributed by atoms with Crippen molar-refractivity contribution < 1.29 is 14.6 Å². The normalized spacial score (nSPS) is 21.1. The molecule has 1 aliphatic carbocycles. The zero-order chi connectivity index (χ0) is 16.2. The summed E-state index contributed by atoms with van der Waals surface area (Å²) in [6.07, 6.45) is 1.81. The number of benzene rings is 1. The molecule has 2 aliphatic rings. The Bertz CT molecular complexity index is 764. The van der Waals surface area contributed by atoms with Gasteiger partial charge in [-0.2, -0.15) is 0 Å². The molecule has 2 aromatic rings. The summed E-state index contributed by atoms with van der Waals surface area (Å²) in [5.74, 6) is -0.241. The van der Waals surface area contributed by atoms with Crippen LogP contribution in [0.2, 0.25) is 0 Å². The van der Waals surface area contributed by atoms with Crippen molar-refractivity contribution in [3.05, 3.63) is 29.1 Å². The molecule has 1 saturated heterocycles. The Labute approximate surface area is 139 Å². The van der Waals surface area contributed by atoms with Crippen molar-refractivity contribution in [2.75, 3.05) is 24.6 Å². The van der Waals surface area contributed by atoms with E-state index in [9.17, 15) is 9.90 Å². The highest BCUT2D eigenvalue weighted by Gasteiger charge is 2.57. The lowest BCUT2D eigenvalue weighted by molar-refractivity contribution is -0.126. The lowest BCUT2D eigenvalue weighted by atomic mass is 9.56. The summed E-state index contributed by atoms with van der Waals surface area (Å²) in [5.41, 5.74) is 1.06. The zero-order valence-corrected chi connectivity index (χ0v) is 14.3. The predicted octanol–water partition coefficient (Wildman–Crippen LogP) is 3.43. The lowest BCUT2D eigenvalue weighted by Gasteiger charge is -2.62. The van der Waals surface area contributed by atoms with Gasteiger partial charge in [-0.3, -0.25) is 0 Å². The maximum atomic E-state index is 11.8. The number of hydrogen-bond acceptors (Lipinski definition) is 5. The molecule has 1 aromatic heterocycles. The van der Waals surface area contributed by atoms with Crippen molar-refractivity contribution in [2.45, 2.75) is 32.3 Å². The van der Waals surface area contributed by atoms with Crippen LogP contribution < -0.4 is 4.90 Å². The molecular formula is C18H21NO3S. The van der Waals surface area contributed by atoms with E-state index in [0.29, 0.717) is 16.9 Å². The Balaban J connectivity index is 1.51. The summed E-state index contributed by atoms with van der Waals surface area (Å²) >= 11 is 1.49. The number of ether oxygens (including phenoxy) is 1. The van der Waals surface area contributed by atoms with Gasteiger partial charge in [-0.05, 0) is 50.3 Å². The number of carbonyl (C=O) groups is 1. The third-order valence-corrected chi connectivity index (χ3v) is 5.99. The third-order valence-electron chi connectivity index (χ3n) is 4.91. The van der Waals surface area contributed by atoms with Gasteiger partial charge in [-0.15, -0.1) is 11.3 Å². The van der Waals surface area contributed by atoms with E-state index in [-0.39, 0.29) is 5.97 Å². The van der Waals surface area contributed by atoms with Crippen molar-refractivity contribution in [1.29, 1.82) is 0 Å². The first kappa shape index (κ1) is 15.0. The smallest absolute Gasteiger partial charge is 0.348 e. The van der Waals surface area contributed by atoms with Gasteiger partial charge in [0.25, 0.3) is 0 Å². The first-order valence-corrected chi connectivity index (χ1v) is 8.90. The Morgan fingerprint density at radius 2 is 2.09 bits per heavy atom. The second-order valence-corrected chi connectivity index (χ2v) is 8.34. The number of nitrogens with zero attached hydrogens (tertiary/aromatic N) is 1. The molecule has 0 unspecified atom stereocenters. The minimum atomic E-state index is -0.460. The summed E-state index contributed by atoms with van der Waals surface area (Å²) in [4.78, 5) is 14.9. The van der Waals surface area contributed by atoms with Gasteiger partial charge in [0, 0.05) is 28.9 Å². The van der Waals surface area contributed by atoms with Crippen LogP contribution in [-0.4, -0.2) is 36.4 Å². The lowest BCUT2D eigenvalue weighted by Crippen LogP contribution is -2.67. The van der Waals surface area contributed by atoms with Crippen LogP contribution in [0.4, 0.5) is 5.69 Å². The van der Waals surface area contributed by atoms with Gasteiger partial charge in [0.1, 0.15) is 4.88 Å². The van der Waals surface area contributed by atoms with Crippen LogP contribution in [0.25, 0.3) is 10.1 Å². The summed E-state index contributed by atoms with van der Waals surface area (Å²) in [7, 11) is 0. The Hall–Kier alpha value is -1.59. The molecule has 2 heterocycles. The van der Waals surface area contributed by atoms with Gasteiger partial charge in [0.2, 0.25) is 0 Å². The molecule has 0 bridgehead atoms. The fourth-order valence-electron chi connectivity index (χ4n) is 4.25. The fraction of sp³-hybridized carbons (Fsp3) is 0.500. The maximum absolute atomic E-state index is 11.8. The quantitative estimate of drug-likeness (QED) is 0.876. The van der Waals surface area contributed by atoms with E-state index >= 15 is 0 Å². The molecule has 1 saturated carbocycles. The first-order chi connectivity index (χ1) is 10.9. The fourth-order valence-corrected chi connectivity index (χ4v) is 5.24. The predicted molar refractivity (Wildman–Crippen MR) is 92.3 cm³/mol. The molecular weight excluding hydrogens is 310 g/mol. The number of esters is 1. The van der Waals surface area contributed by atoms with E-state index in [1.54, 1.807) is 0 Å². The minimum Gasteiger partial charge on any atom is -0.462 e. The van der Waals surface area contributed by atoms with Crippen molar-refractivity contribution in [1.82, 2.24) is 0 Å². The Kier molecular flexibility index (Phi) is 3.22. The van der Waals surface area contributed by atoms with Crippen molar-refractivity contribution in [3.63, 3.8) is 0 Å². The molecule has 4 rings (SSSR count). The van der Waals surface area contributed by atoms with Gasteiger partial charge in [0.05, 0.1) is 12.2 Å². The first-order valence-electron chi connectivity index (χ1n) is 8.08. The van der Waals surface area contributed by atoms with Crippen molar-refractivity contribution in [3.8, 4) is 0 Å². The molecule has 122 valence electrons. The highest BCUT2D eigenvalue weighted by atomic mass is 32.1. The molecule has 1 spiro atoms. The van der Waals surface area contributed by atoms with Crippen LogP contribution in [0, 0.1) is 5.41 Å². The SMILES string of the molecule is CCOC(=O)c1cc2ccc(N3CC4(C3)CC(C)(O)C4)cc2s1. The van der Waals surface area contributed by atoms with Crippen LogP contribution in [0.3, 0.4) is 0 Å². The summed E-state index contributed by atoms with van der Waals surface area (Å²) in [6.45, 7) is 6.18. The maximum Gasteiger partial charge on any atom is 0.348 e. The number of fused-ring (bicyclic) bond motifs is 1. The number of aliphatic hydroxyl groups is 1. The molecule has 1 N–H and O–H groups in total. The van der Waals surface area contributed by atoms with Gasteiger partial charge in [-0.25, -0.2) is 4.79 Å². The Morgan fingerprint density at radius 1 is 1.35 bits per heavy atom. The number of hydrogen-bond donors (Lipinski definition) is 1. The average Bonchev–Trinajstić information content (AvgIpc) is 2.85. The second kappa shape index (κ2) is 4.95. The van der Waals surface area contributed by atoms with E-state index < -0.39 is 5.60 Å². The highest BCUT2D eigenvalue weighted by molar-refractivity contribution is 7.20. The molecule has 23 heavy (non-hydrogen) atoms. The van der Waals surface area contributed by atoms with Gasteiger partial charge >= 0.3 is 5.97 Å². The molecule has 5 heteroatoms. The molecule has 0 atom stereocenters. The average molecular weight is 331 g/mol. The zero-order valence-electron chi connectivity index (χ0n) is 13.5. The van der Waals surface area contributed by atoms with E-state index in [1.165, 1.54) is 17.0 Å². The van der Waals surface area contributed by atoms with Crippen LogP contribution in [-0.2, 0) is 4.74 Å². The summed E-state index contributed by atoms with van der Waals surface area (Å²) in [6, 6.07) is 8.26. The van der Waals surface area contributed by atoms with Crippen LogP contribution in [0.1, 0.15) is 36.4 Å². The van der Waals surface area contributed by atoms with Gasteiger partial charge in [0.15, 0.2) is 0 Å². The second-order valence-electron chi connectivity index (χ2n) is 7.26. The van der Waals surface area contributed by atoms with Crippen LogP contribution >= 0.6 is 11.3 Å². The Morgan fingerprint density at radius 3 is 2.74 bits per heavy atom. The number of rotatable bonds is 3. The molecule has 4 nitrogen and oxygen atoms in total. The van der Waals surface area contributed by atoms with Crippen molar-refractivity contribution >= 4 is 33.1 Å². The highest BCUT2D eigenvalue weighted by Crippen LogP contribution is 2.54. The van der Waals surface area contributed by atoms with Gasteiger partial charge < -0.3 is 14.7 Å². The summed E-state index contributed by atoms with van der Waals surface area (Å²) in [5, 5.41) is 11.0. The van der Waals surface area contributed by atoms with Crippen LogP contribution in [0.5, 0.6) is 0 Å². The number of carbonyl (C=O) groups excluding carboxylic acids is 1. The monoisotopic (exact) mass is 331 g/mol. The third kappa shape index (κ3) is 2.52. The number of thiophene rings is 1. The van der Waals surface area contributed by atoms with Crippen LogP contribution in [0.15, 0.2) is 24.3 Å². The standard InChI is InChI=1S/C18H21NO3S/c1-3-22-16(20)15-6-12-4-5-13(7-14(12)23-15)19-10-18(11-19)8-17(2,21)9-18/h4-7,21H,3,8-11H2,1-2H3. The molecule has 0 radical (unpaired) electrons. The molecule has 0 amide bonds. The van der Waals surface area contributed by atoms with E-state index in [2.05, 4.69) is 23.1 Å². The summed E-state index contributed by atoms with van der Waals surface area (Å²) < 4.78 is 6.19. The topological polar surface area (TPSA) is 49.8 Å².